The summed E-state index contributed by atoms with van der Waals surface area (Å²) >= 11 is 0. The molecule has 5 rings (SSSR count). The summed E-state index contributed by atoms with van der Waals surface area (Å²) < 4.78 is 2.36. The number of anilines is 1. The van der Waals surface area contributed by atoms with Gasteiger partial charge in [0.05, 0.1) is 17.6 Å². The van der Waals surface area contributed by atoms with Crippen molar-refractivity contribution in [2.45, 2.75) is 65.0 Å². The molecule has 32 heavy (non-hydrogen) atoms. The van der Waals surface area contributed by atoms with Crippen LogP contribution in [0.15, 0.2) is 24.3 Å². The predicted molar refractivity (Wildman–Crippen MR) is 126 cm³/mol. The van der Waals surface area contributed by atoms with Crippen molar-refractivity contribution >= 4 is 22.8 Å². The lowest BCUT2D eigenvalue weighted by molar-refractivity contribution is -0.118. The van der Waals surface area contributed by atoms with Gasteiger partial charge in [0.15, 0.2) is 0 Å². The van der Waals surface area contributed by atoms with Crippen molar-refractivity contribution in [3.8, 4) is 0 Å². The van der Waals surface area contributed by atoms with Crippen molar-refractivity contribution in [3.63, 3.8) is 0 Å². The van der Waals surface area contributed by atoms with Crippen LogP contribution in [0.4, 0.5) is 5.82 Å². The molecule has 2 aliphatic rings. The number of aryl methyl sites for hydroxylation is 1. The van der Waals surface area contributed by atoms with Crippen molar-refractivity contribution in [2.24, 2.45) is 0 Å². The molecular formula is C25H32N6O. The zero-order valence-corrected chi connectivity index (χ0v) is 19.5. The van der Waals surface area contributed by atoms with E-state index in [1.54, 1.807) is 4.90 Å². The summed E-state index contributed by atoms with van der Waals surface area (Å²) in [5.41, 5.74) is 4.40. The van der Waals surface area contributed by atoms with Crippen LogP contribution in [0.25, 0.3) is 11.0 Å². The average molecular weight is 433 g/mol. The minimum absolute atomic E-state index is 0.138. The van der Waals surface area contributed by atoms with Gasteiger partial charge in [-0.2, -0.15) is 0 Å². The quantitative estimate of drug-likeness (QED) is 0.623. The Kier molecular flexibility index (Phi) is 5.45. The number of fused-ring (bicyclic) bond motifs is 2. The largest absolute Gasteiger partial charge is 0.324 e. The van der Waals surface area contributed by atoms with E-state index in [0.717, 1.165) is 73.1 Å². The van der Waals surface area contributed by atoms with E-state index in [4.69, 9.17) is 15.0 Å². The van der Waals surface area contributed by atoms with E-state index in [0.29, 0.717) is 12.5 Å². The SMILES string of the molecule is Cc1nc([C@H]2CCCN(Cc3nc4ccccc4n3C(C)C)C2)nc2c1CCC(=O)N2C. The lowest BCUT2D eigenvalue weighted by atomic mass is 9.96. The Balaban J connectivity index is 1.40. The van der Waals surface area contributed by atoms with Crippen molar-refractivity contribution in [1.82, 2.24) is 24.4 Å². The monoisotopic (exact) mass is 432 g/mol. The van der Waals surface area contributed by atoms with Crippen molar-refractivity contribution in [1.29, 1.82) is 0 Å². The highest BCUT2D eigenvalue weighted by Gasteiger charge is 2.29. The second-order valence-corrected chi connectivity index (χ2v) is 9.48. The number of benzene rings is 1. The fourth-order valence-electron chi connectivity index (χ4n) is 5.26. The van der Waals surface area contributed by atoms with Crippen LogP contribution in [0, 0.1) is 6.92 Å². The number of nitrogens with zero attached hydrogens (tertiary/aromatic N) is 6. The Morgan fingerprint density at radius 1 is 1.12 bits per heavy atom. The highest BCUT2D eigenvalue weighted by molar-refractivity contribution is 5.94. The maximum atomic E-state index is 12.2. The number of aromatic nitrogens is 4. The number of rotatable bonds is 4. The normalized spacial score (nSPS) is 19.7. The van der Waals surface area contributed by atoms with Crippen LogP contribution in [0.5, 0.6) is 0 Å². The summed E-state index contributed by atoms with van der Waals surface area (Å²) in [6.45, 7) is 9.29. The molecule has 0 N–H and O–H groups in total. The maximum absolute atomic E-state index is 12.2. The fourth-order valence-corrected chi connectivity index (χ4v) is 5.26. The standard InChI is InChI=1S/C25H32N6O/c1-16(2)31-21-10-6-5-9-20(21)27-22(31)15-30-13-7-8-18(14-30)24-26-17(3)19-11-12-23(32)29(4)25(19)28-24/h5-6,9-10,16,18H,7-8,11-15H2,1-4H3/t18-/m0/s1. The smallest absolute Gasteiger partial charge is 0.228 e. The van der Waals surface area contributed by atoms with E-state index in [1.165, 1.54) is 5.52 Å². The summed E-state index contributed by atoms with van der Waals surface area (Å²) in [7, 11) is 1.83. The Hall–Kier alpha value is -2.80. The Bertz CT molecular complexity index is 1170. The van der Waals surface area contributed by atoms with Gasteiger partial charge >= 0.3 is 0 Å². The molecule has 168 valence electrons. The third kappa shape index (κ3) is 3.68. The first-order chi connectivity index (χ1) is 15.4. The van der Waals surface area contributed by atoms with E-state index in [2.05, 4.69) is 54.5 Å². The summed E-state index contributed by atoms with van der Waals surface area (Å²) in [4.78, 5) is 31.2. The van der Waals surface area contributed by atoms with Gasteiger partial charge in [-0.1, -0.05) is 12.1 Å². The summed E-state index contributed by atoms with van der Waals surface area (Å²) in [5, 5.41) is 0. The third-order valence-corrected chi connectivity index (χ3v) is 6.91. The molecule has 0 radical (unpaired) electrons. The predicted octanol–water partition coefficient (Wildman–Crippen LogP) is 4.00. The fraction of sp³-hybridized carbons (Fsp3) is 0.520. The van der Waals surface area contributed by atoms with Gasteiger partial charge in [0.25, 0.3) is 0 Å². The van der Waals surface area contributed by atoms with Crippen LogP contribution >= 0.6 is 0 Å². The maximum Gasteiger partial charge on any atom is 0.228 e. The molecule has 4 heterocycles. The van der Waals surface area contributed by atoms with Crippen molar-refractivity contribution in [3.05, 3.63) is 47.2 Å². The number of piperidine rings is 1. The van der Waals surface area contributed by atoms with Gasteiger partial charge in [-0.05, 0) is 58.7 Å². The van der Waals surface area contributed by atoms with Gasteiger partial charge in [-0.3, -0.25) is 14.6 Å². The summed E-state index contributed by atoms with van der Waals surface area (Å²) in [5.74, 6) is 3.22. The van der Waals surface area contributed by atoms with Gasteiger partial charge in [-0.25, -0.2) is 15.0 Å². The second-order valence-electron chi connectivity index (χ2n) is 9.48. The number of likely N-dealkylation sites (tertiary alicyclic amines) is 1. The molecule has 2 aliphatic heterocycles. The summed E-state index contributed by atoms with van der Waals surface area (Å²) in [6.07, 6.45) is 3.47. The Morgan fingerprint density at radius 3 is 2.75 bits per heavy atom. The molecule has 7 heteroatoms. The van der Waals surface area contributed by atoms with E-state index >= 15 is 0 Å². The summed E-state index contributed by atoms with van der Waals surface area (Å²) in [6, 6.07) is 8.75. The number of carbonyl (C=O) groups is 1. The zero-order valence-electron chi connectivity index (χ0n) is 19.5. The number of amides is 1. The van der Waals surface area contributed by atoms with E-state index in [1.807, 2.05) is 7.05 Å². The van der Waals surface area contributed by atoms with E-state index in [-0.39, 0.29) is 11.8 Å². The number of hydrogen-bond acceptors (Lipinski definition) is 5. The molecule has 7 nitrogen and oxygen atoms in total. The molecular weight excluding hydrogens is 400 g/mol. The number of para-hydroxylation sites is 2. The molecule has 1 saturated heterocycles. The molecule has 0 spiro atoms. The van der Waals surface area contributed by atoms with Gasteiger partial charge in [0, 0.05) is 43.2 Å². The minimum Gasteiger partial charge on any atom is -0.324 e. The second kappa shape index (κ2) is 8.28. The number of hydrogen-bond donors (Lipinski definition) is 0. The van der Waals surface area contributed by atoms with Gasteiger partial charge in [-0.15, -0.1) is 0 Å². The first-order valence-electron chi connectivity index (χ1n) is 11.7. The lowest BCUT2D eigenvalue weighted by Gasteiger charge is -2.33. The molecule has 0 bridgehead atoms. The van der Waals surface area contributed by atoms with Gasteiger partial charge < -0.3 is 4.57 Å². The highest BCUT2D eigenvalue weighted by atomic mass is 16.2. The van der Waals surface area contributed by atoms with Crippen LogP contribution in [0.3, 0.4) is 0 Å². The van der Waals surface area contributed by atoms with Crippen LogP contribution in [0.1, 0.15) is 68.0 Å². The molecule has 1 atom stereocenters. The van der Waals surface area contributed by atoms with E-state index in [9.17, 15) is 4.79 Å². The first kappa shape index (κ1) is 21.1. The average Bonchev–Trinajstić information content (AvgIpc) is 3.14. The van der Waals surface area contributed by atoms with Gasteiger partial charge in [0.2, 0.25) is 5.91 Å². The van der Waals surface area contributed by atoms with Crippen molar-refractivity contribution in [2.75, 3.05) is 25.0 Å². The molecule has 0 unspecified atom stereocenters. The van der Waals surface area contributed by atoms with Crippen LogP contribution in [-0.2, 0) is 17.8 Å². The molecule has 1 aromatic carbocycles. The lowest BCUT2D eigenvalue weighted by Crippen LogP contribution is -2.37. The molecule has 0 aliphatic carbocycles. The molecule has 2 aromatic heterocycles. The first-order valence-corrected chi connectivity index (χ1v) is 11.7. The molecule has 1 fully saturated rings. The molecule has 3 aromatic rings. The van der Waals surface area contributed by atoms with Crippen LogP contribution < -0.4 is 4.90 Å². The third-order valence-electron chi connectivity index (χ3n) is 6.91. The van der Waals surface area contributed by atoms with E-state index < -0.39 is 0 Å². The van der Waals surface area contributed by atoms with Crippen LogP contribution in [-0.4, -0.2) is 50.5 Å². The van der Waals surface area contributed by atoms with Crippen LogP contribution in [0.2, 0.25) is 0 Å². The van der Waals surface area contributed by atoms with Crippen molar-refractivity contribution < 1.29 is 4.79 Å². The van der Waals surface area contributed by atoms with Gasteiger partial charge in [0.1, 0.15) is 17.5 Å². The topological polar surface area (TPSA) is 67.2 Å². The number of carbonyl (C=O) groups excluding carboxylic acids is 1. The highest BCUT2D eigenvalue weighted by Crippen LogP contribution is 2.32. The molecule has 1 amide bonds. The minimum atomic E-state index is 0.138. The molecule has 0 saturated carbocycles. The zero-order chi connectivity index (χ0) is 22.4. The Morgan fingerprint density at radius 2 is 1.94 bits per heavy atom. The Labute approximate surface area is 189 Å². The number of imidazole rings is 1.